The van der Waals surface area contributed by atoms with Gasteiger partial charge in [0.25, 0.3) is 30.4 Å². The van der Waals surface area contributed by atoms with E-state index >= 15 is 0 Å². The van der Waals surface area contributed by atoms with Crippen molar-refractivity contribution in [3.05, 3.63) is 0 Å². The van der Waals surface area contributed by atoms with Crippen LogP contribution in [0.3, 0.4) is 0 Å². The molecule has 0 bridgehead atoms. The second-order valence-corrected chi connectivity index (χ2v) is 8.42. The van der Waals surface area contributed by atoms with Gasteiger partial charge in [-0.05, 0) is 0 Å². The topological polar surface area (TPSA) is 166 Å². The van der Waals surface area contributed by atoms with E-state index in [4.69, 9.17) is 13.7 Å². The Bertz CT molecular complexity index is 490. The molecule has 10 nitrogen and oxygen atoms in total. The Balaban J connectivity index is 4.55. The van der Waals surface area contributed by atoms with Gasteiger partial charge in [-0.25, -0.2) is 0 Å². The Morgan fingerprint density at radius 3 is 0.947 bits per heavy atom. The van der Waals surface area contributed by atoms with Crippen molar-refractivity contribution in [3.63, 3.8) is 0 Å². The molecule has 116 valence electrons. The van der Waals surface area contributed by atoms with Crippen molar-refractivity contribution in [2.45, 2.75) is 0 Å². The summed E-state index contributed by atoms with van der Waals surface area (Å²) in [5, 5.41) is 0. The second kappa shape index (κ2) is 6.92. The summed E-state index contributed by atoms with van der Waals surface area (Å²) in [6.45, 7) is -1.03. The van der Waals surface area contributed by atoms with E-state index in [9.17, 15) is 25.3 Å². The van der Waals surface area contributed by atoms with Crippen molar-refractivity contribution in [2.75, 3.05) is 36.9 Å². The van der Waals surface area contributed by atoms with E-state index in [0.29, 0.717) is 0 Å². The molecule has 0 atom stereocenters. The van der Waals surface area contributed by atoms with E-state index in [2.05, 4.69) is 0 Å². The number of hydrogen-bond donors (Lipinski definition) is 3. The lowest BCUT2D eigenvalue weighted by Gasteiger charge is -2.20. The van der Waals surface area contributed by atoms with Crippen molar-refractivity contribution in [1.29, 1.82) is 0 Å². The maximum Gasteiger partial charge on any atom is 0.266 e. The fourth-order valence-electron chi connectivity index (χ4n) is 1.07. The smallest absolute Gasteiger partial charge is 0.266 e. The molecular formula is C6H15NO9S3. The lowest BCUT2D eigenvalue weighted by Crippen LogP contribution is -2.36. The van der Waals surface area contributed by atoms with Gasteiger partial charge < -0.3 is 4.90 Å². The predicted molar refractivity (Wildman–Crippen MR) is 65.7 cm³/mol. The van der Waals surface area contributed by atoms with E-state index < -0.39 is 47.6 Å². The molecule has 0 aliphatic heterocycles. The molecule has 0 unspecified atom stereocenters. The Hall–Kier alpha value is -0.310. The maximum absolute atomic E-state index is 10.5. The van der Waals surface area contributed by atoms with Crippen LogP contribution in [0.4, 0.5) is 0 Å². The van der Waals surface area contributed by atoms with E-state index in [0.717, 1.165) is 4.90 Å². The van der Waals surface area contributed by atoms with Gasteiger partial charge >= 0.3 is 0 Å². The van der Waals surface area contributed by atoms with Crippen LogP contribution in [0.5, 0.6) is 0 Å². The van der Waals surface area contributed by atoms with Gasteiger partial charge in [0.05, 0.1) is 17.3 Å². The highest BCUT2D eigenvalue weighted by molar-refractivity contribution is 7.86. The molecule has 0 radical (unpaired) electrons. The Morgan fingerprint density at radius 1 is 0.579 bits per heavy atom. The fraction of sp³-hybridized carbons (Fsp3) is 1.00. The zero-order valence-electron chi connectivity index (χ0n) is 9.71. The third-order valence-electron chi connectivity index (χ3n) is 2.00. The number of rotatable bonds is 9. The normalized spacial score (nSPS) is 13.9. The molecule has 0 aromatic rings. The van der Waals surface area contributed by atoms with Crippen LogP contribution in [-0.2, 0) is 30.4 Å². The van der Waals surface area contributed by atoms with Crippen LogP contribution in [0.25, 0.3) is 0 Å². The molecule has 0 saturated carbocycles. The zero-order chi connectivity index (χ0) is 15.3. The molecule has 0 rings (SSSR count). The molecule has 0 heterocycles. The SMILES string of the molecule is O=S(=O)(O)CCN(CCS(=O)(=O)O)CCS(=O)(=O)O. The quantitative estimate of drug-likeness (QED) is 0.397. The highest BCUT2D eigenvalue weighted by Crippen LogP contribution is 1.96. The summed E-state index contributed by atoms with van der Waals surface area (Å²) in [6.07, 6.45) is 0. The molecule has 0 aliphatic carbocycles. The Labute approximate surface area is 111 Å². The van der Waals surface area contributed by atoms with Crippen LogP contribution in [0.15, 0.2) is 0 Å². The molecule has 0 amide bonds. The largest absolute Gasteiger partial charge is 0.300 e. The summed E-state index contributed by atoms with van der Waals surface area (Å²) in [5.41, 5.74) is 0. The molecular weight excluding hydrogens is 326 g/mol. The first kappa shape index (κ1) is 18.7. The molecule has 0 saturated heterocycles. The van der Waals surface area contributed by atoms with Gasteiger partial charge in [0.15, 0.2) is 0 Å². The van der Waals surface area contributed by atoms with Crippen LogP contribution in [-0.4, -0.2) is 80.7 Å². The standard InChI is InChI=1S/C6H15NO9S3/c8-17(9,10)4-1-7(2-5-18(11,12)13)3-6-19(14,15)16/h1-6H2,(H,8,9,10)(H,11,12,13)(H,14,15,16). The van der Waals surface area contributed by atoms with Crippen LogP contribution >= 0.6 is 0 Å². The first-order valence-electron chi connectivity index (χ1n) is 4.86. The highest BCUT2D eigenvalue weighted by Gasteiger charge is 2.16. The number of hydrogen-bond acceptors (Lipinski definition) is 7. The molecule has 3 N–H and O–H groups in total. The molecule has 19 heavy (non-hydrogen) atoms. The first-order chi connectivity index (χ1) is 8.29. The summed E-state index contributed by atoms with van der Waals surface area (Å²) in [5.74, 6) is -2.20. The summed E-state index contributed by atoms with van der Waals surface area (Å²) in [4.78, 5) is 1.06. The number of nitrogens with zero attached hydrogens (tertiary/aromatic N) is 1. The van der Waals surface area contributed by atoms with E-state index in [1.165, 1.54) is 0 Å². The molecule has 0 spiro atoms. The van der Waals surface area contributed by atoms with Crippen molar-refractivity contribution in [3.8, 4) is 0 Å². The average molecular weight is 341 g/mol. The summed E-state index contributed by atoms with van der Waals surface area (Å²) < 4.78 is 88.8. The van der Waals surface area contributed by atoms with Gasteiger partial charge in [-0.2, -0.15) is 25.3 Å². The van der Waals surface area contributed by atoms with Gasteiger partial charge in [0.1, 0.15) is 0 Å². The van der Waals surface area contributed by atoms with Gasteiger partial charge in [-0.15, -0.1) is 0 Å². The fourth-order valence-corrected chi connectivity index (χ4v) is 2.54. The van der Waals surface area contributed by atoms with Gasteiger partial charge in [0, 0.05) is 19.6 Å². The molecule has 0 aliphatic rings. The van der Waals surface area contributed by atoms with Crippen molar-refractivity contribution in [1.82, 2.24) is 4.90 Å². The van der Waals surface area contributed by atoms with Gasteiger partial charge in [0.2, 0.25) is 0 Å². The first-order valence-corrected chi connectivity index (χ1v) is 9.69. The molecule has 0 aromatic carbocycles. The van der Waals surface area contributed by atoms with Crippen LogP contribution in [0.2, 0.25) is 0 Å². The third-order valence-corrected chi connectivity index (χ3v) is 4.09. The van der Waals surface area contributed by atoms with Crippen LogP contribution in [0.1, 0.15) is 0 Å². The minimum absolute atomic E-state index is 0.343. The minimum Gasteiger partial charge on any atom is -0.300 e. The lowest BCUT2D eigenvalue weighted by molar-refractivity contribution is 0.314. The summed E-state index contributed by atoms with van der Waals surface area (Å²) in [6, 6.07) is 0. The van der Waals surface area contributed by atoms with Crippen LogP contribution < -0.4 is 0 Å². The van der Waals surface area contributed by atoms with Crippen molar-refractivity contribution in [2.24, 2.45) is 0 Å². The lowest BCUT2D eigenvalue weighted by atomic mass is 10.5. The third kappa shape index (κ3) is 13.9. The zero-order valence-corrected chi connectivity index (χ0v) is 12.2. The molecule has 0 fully saturated rings. The van der Waals surface area contributed by atoms with Crippen molar-refractivity contribution < 1.29 is 38.9 Å². The van der Waals surface area contributed by atoms with E-state index in [1.54, 1.807) is 0 Å². The summed E-state index contributed by atoms with van der Waals surface area (Å²) in [7, 11) is -12.9. The summed E-state index contributed by atoms with van der Waals surface area (Å²) >= 11 is 0. The second-order valence-electron chi connectivity index (χ2n) is 3.70. The maximum atomic E-state index is 10.5. The van der Waals surface area contributed by atoms with Gasteiger partial charge in [-0.1, -0.05) is 0 Å². The highest BCUT2D eigenvalue weighted by atomic mass is 32.2. The minimum atomic E-state index is -4.29. The Kier molecular flexibility index (Phi) is 6.80. The monoisotopic (exact) mass is 341 g/mol. The molecule has 0 aromatic heterocycles. The predicted octanol–water partition coefficient (Wildman–Crippen LogP) is -2.05. The van der Waals surface area contributed by atoms with Crippen LogP contribution in [0, 0.1) is 0 Å². The average Bonchev–Trinajstić information content (AvgIpc) is 2.11. The van der Waals surface area contributed by atoms with E-state index in [-0.39, 0.29) is 19.6 Å². The van der Waals surface area contributed by atoms with E-state index in [1.807, 2.05) is 0 Å². The Morgan fingerprint density at radius 2 is 0.789 bits per heavy atom. The van der Waals surface area contributed by atoms with Crippen molar-refractivity contribution >= 4 is 30.4 Å². The van der Waals surface area contributed by atoms with Gasteiger partial charge in [-0.3, -0.25) is 13.7 Å². The molecule has 13 heteroatoms.